The molecule has 0 radical (unpaired) electrons. The van der Waals surface area contributed by atoms with Gasteiger partial charge in [-0.15, -0.1) is 0 Å². The highest BCUT2D eigenvalue weighted by atomic mass is 127. The summed E-state index contributed by atoms with van der Waals surface area (Å²) in [4.78, 5) is 11.0. The number of carbonyl (C=O) groups excluding carboxylic acids is 1. The minimum Gasteiger partial charge on any atom is -0.435 e. The van der Waals surface area contributed by atoms with Gasteiger partial charge in [0.15, 0.2) is 0 Å². The van der Waals surface area contributed by atoms with Crippen molar-refractivity contribution in [3.63, 3.8) is 0 Å². The number of rotatable bonds is 3. The van der Waals surface area contributed by atoms with Crippen molar-refractivity contribution >= 4 is 49.5 Å². The third kappa shape index (κ3) is 4.19. The smallest absolute Gasteiger partial charge is 0.304 e. The number of carbonyl (C=O) groups is 1. The second kappa shape index (κ2) is 5.72. The van der Waals surface area contributed by atoms with E-state index in [1.165, 1.54) is 6.92 Å². The summed E-state index contributed by atoms with van der Waals surface area (Å²) < 4.78 is 19.1. The maximum absolute atomic E-state index is 11.0. The molecule has 0 spiro atoms. The third-order valence-electron chi connectivity index (χ3n) is 2.30. The largest absolute Gasteiger partial charge is 0.435 e. The molecule has 0 bridgehead atoms. The molecule has 0 aromatic heterocycles. The standard InChI is InChI=1S/C8H17IO3P2S/c1-3-6-4-7(15(9,13)14)8(12-6)11-5(2)10/h6-8,13,15H,3-4,14H2,1-2H3/t6-,7+,8?/m1/s1/i15T. The van der Waals surface area contributed by atoms with Crippen LogP contribution in [0.25, 0.3) is 0 Å². The van der Waals surface area contributed by atoms with Gasteiger partial charge < -0.3 is 9.47 Å². The van der Waals surface area contributed by atoms with Gasteiger partial charge in [-0.1, -0.05) is 23.4 Å². The molecule has 2 unspecified atom stereocenters. The molecule has 1 aliphatic heterocycles. The molecule has 1 aliphatic rings. The Morgan fingerprint density at radius 1 is 1.93 bits per heavy atom. The fourth-order valence-corrected chi connectivity index (χ4v) is 5.16. The molecule has 0 amide bonds. The molecule has 90 valence electrons. The van der Waals surface area contributed by atoms with Gasteiger partial charge in [-0.05, 0) is 34.0 Å². The third-order valence-corrected chi connectivity index (χ3v) is 7.52. The molecule has 0 aromatic rings. The van der Waals surface area contributed by atoms with Crippen LogP contribution in [0.2, 0.25) is 0 Å². The van der Waals surface area contributed by atoms with Crippen LogP contribution >= 0.6 is 37.7 Å². The van der Waals surface area contributed by atoms with Crippen molar-refractivity contribution in [2.45, 2.75) is 44.3 Å². The molecule has 0 aromatic carbocycles. The highest BCUT2D eigenvalue weighted by Crippen LogP contribution is 2.43. The lowest BCUT2D eigenvalue weighted by Gasteiger charge is -2.26. The van der Waals surface area contributed by atoms with Gasteiger partial charge in [-0.2, -0.15) is 5.90 Å². The number of hydrogen-bond donors (Lipinski definition) is 1. The maximum Gasteiger partial charge on any atom is 0.304 e. The van der Waals surface area contributed by atoms with Crippen LogP contribution in [-0.4, -0.2) is 24.7 Å². The van der Waals surface area contributed by atoms with Crippen molar-refractivity contribution < 1.29 is 14.3 Å². The van der Waals surface area contributed by atoms with E-state index in [1.807, 2.05) is 6.92 Å². The maximum atomic E-state index is 11.0. The number of hydrogen-bond acceptors (Lipinski definition) is 3. The summed E-state index contributed by atoms with van der Waals surface area (Å²) in [7, 11) is 6.05. The minimum absolute atomic E-state index is 0.0712. The number of halogens is 1. The van der Waals surface area contributed by atoms with E-state index in [0.29, 0.717) is 0 Å². The van der Waals surface area contributed by atoms with Gasteiger partial charge in [0, 0.05) is 6.92 Å². The van der Waals surface area contributed by atoms with Crippen molar-refractivity contribution in [2.75, 3.05) is 0 Å². The molecule has 1 heterocycles. The van der Waals surface area contributed by atoms with E-state index in [4.69, 9.17) is 10.6 Å². The summed E-state index contributed by atoms with van der Waals surface area (Å²) in [6.07, 6.45) is 1.08. The molecule has 1 fully saturated rings. The lowest BCUT2D eigenvalue weighted by Crippen LogP contribution is -2.30. The minimum atomic E-state index is -2.59. The van der Waals surface area contributed by atoms with E-state index < -0.39 is 12.2 Å². The number of ether oxygens (including phenoxy) is 2. The summed E-state index contributed by atoms with van der Waals surface area (Å²) in [5, 5.41) is -0.117. The molecule has 7 heteroatoms. The first-order valence-corrected chi connectivity index (χ1v) is 11.7. The summed E-state index contributed by atoms with van der Waals surface area (Å²) in [5.74, 6) is -2.95. The molecule has 3 nitrogen and oxygen atoms in total. The van der Waals surface area contributed by atoms with Crippen molar-refractivity contribution in [3.8, 4) is 0 Å². The van der Waals surface area contributed by atoms with E-state index in [9.17, 15) is 4.79 Å². The first kappa shape index (κ1) is 12.7. The van der Waals surface area contributed by atoms with Crippen molar-refractivity contribution in [2.24, 2.45) is 0 Å². The van der Waals surface area contributed by atoms with Crippen LogP contribution < -0.4 is 0 Å². The lowest BCUT2D eigenvalue weighted by atomic mass is 10.2. The predicted molar refractivity (Wildman–Crippen MR) is 79.9 cm³/mol. The van der Waals surface area contributed by atoms with Gasteiger partial charge in [-0.25, -0.2) is 0 Å². The Bertz CT molecular complexity index is 348. The van der Waals surface area contributed by atoms with E-state index in [1.54, 1.807) is 0 Å². The van der Waals surface area contributed by atoms with E-state index in [-0.39, 0.29) is 17.3 Å². The zero-order valence-corrected chi connectivity index (χ0v) is 13.9. The van der Waals surface area contributed by atoms with E-state index in [0.717, 1.165) is 12.8 Å². The van der Waals surface area contributed by atoms with Gasteiger partial charge >= 0.3 is 5.97 Å². The van der Waals surface area contributed by atoms with Gasteiger partial charge in [0.2, 0.25) is 6.29 Å². The summed E-state index contributed by atoms with van der Waals surface area (Å²) >= 11 is 2.08. The molecule has 0 aliphatic carbocycles. The van der Waals surface area contributed by atoms with Crippen LogP contribution in [0.1, 0.15) is 26.7 Å². The Balaban J connectivity index is 2.89. The quantitative estimate of drug-likeness (QED) is 0.352. The normalized spacial score (nSPS) is 35.3. The van der Waals surface area contributed by atoms with Gasteiger partial charge in [0.25, 0.3) is 0 Å². The van der Waals surface area contributed by atoms with Crippen LogP contribution in [0.3, 0.4) is 0 Å². The molecular weight excluding hydrogens is 365 g/mol. The van der Waals surface area contributed by atoms with E-state index >= 15 is 0 Å². The van der Waals surface area contributed by atoms with Crippen LogP contribution in [0.4, 0.5) is 0 Å². The fourth-order valence-electron chi connectivity index (χ4n) is 1.53. The van der Waals surface area contributed by atoms with Gasteiger partial charge in [-0.3, -0.25) is 4.79 Å². The highest BCUT2D eigenvalue weighted by Gasteiger charge is 2.39. The van der Waals surface area contributed by atoms with E-state index in [2.05, 4.69) is 37.7 Å². The molecule has 4 atom stereocenters. The fraction of sp³-hybridized carbons (Fsp3) is 0.875. The molecular formula is C8H17IO3P2S. The second-order valence-electron chi connectivity index (χ2n) is 3.55. The zero-order valence-electron chi connectivity index (χ0n) is 9.73. The number of esters is 1. The van der Waals surface area contributed by atoms with Crippen LogP contribution in [0, 0.1) is 0 Å². The summed E-state index contributed by atoms with van der Waals surface area (Å²) in [6.45, 7) is 3.39. The molecule has 15 heavy (non-hydrogen) atoms. The second-order valence-corrected chi connectivity index (χ2v) is 20.8. The summed E-state index contributed by atoms with van der Waals surface area (Å²) in [5.41, 5.74) is 0. The van der Waals surface area contributed by atoms with Crippen molar-refractivity contribution in [3.05, 3.63) is 0 Å². The topological polar surface area (TPSA) is 35.5 Å². The molecule has 0 saturated carbocycles. The Morgan fingerprint density at radius 3 is 2.93 bits per heavy atom. The van der Waals surface area contributed by atoms with Gasteiger partial charge in [0.05, 0.1) is 12.5 Å². The first-order valence-electron chi connectivity index (χ1n) is 5.12. The monoisotopic (exact) mass is 384 g/mol. The Labute approximate surface area is 109 Å². The van der Waals surface area contributed by atoms with Crippen molar-refractivity contribution in [1.29, 1.82) is 1.12 Å². The van der Waals surface area contributed by atoms with Crippen LogP contribution in [0.5, 0.6) is 0 Å². The average Bonchev–Trinajstić information content (AvgIpc) is 2.44. The Morgan fingerprint density at radius 2 is 2.53 bits per heavy atom. The molecule has 1 rings (SSSR count). The molecule has 0 N–H and O–H groups in total. The zero-order chi connectivity index (χ0) is 12.6. The summed E-state index contributed by atoms with van der Waals surface area (Å²) in [6, 6.07) is 0. The molecule has 1 saturated heterocycles. The highest BCUT2D eigenvalue weighted by molar-refractivity contribution is 14.2. The number of thiol groups is 1. The first-order chi connectivity index (χ1) is 7.10. The van der Waals surface area contributed by atoms with Gasteiger partial charge in [0.1, 0.15) is 0 Å². The van der Waals surface area contributed by atoms with Crippen molar-refractivity contribution in [1.82, 2.24) is 0 Å². The van der Waals surface area contributed by atoms with Crippen LogP contribution in [-0.2, 0) is 20.2 Å². The predicted octanol–water partition coefficient (Wildman–Crippen LogP) is 2.53. The lowest BCUT2D eigenvalue weighted by molar-refractivity contribution is -0.172. The Kier molecular flexibility index (Phi) is 4.84. The average molecular weight is 384 g/mol. The Hall–Kier alpha value is 1.24. The van der Waals surface area contributed by atoms with Crippen LogP contribution in [0.15, 0.2) is 0 Å². The SMILES string of the molecule is [3H]S(=P)(P)(I)[C@H]1C[C@@H](CC)OC1OC(C)=O.